The lowest BCUT2D eigenvalue weighted by molar-refractivity contribution is -0.139. The number of rotatable bonds is 10. The van der Waals surface area contributed by atoms with Crippen LogP contribution in [0.15, 0.2) is 42.9 Å². The Labute approximate surface area is 163 Å². The van der Waals surface area contributed by atoms with Gasteiger partial charge in [-0.2, -0.15) is 0 Å². The van der Waals surface area contributed by atoms with Gasteiger partial charge in [-0.25, -0.2) is 4.98 Å². The number of benzene rings is 1. The zero-order valence-corrected chi connectivity index (χ0v) is 16.0. The molecule has 2 aromatic rings. The fraction of sp³-hybridized carbons (Fsp3) is 0.368. The minimum Gasteiger partial charge on any atom is -0.480 e. The average Bonchev–Trinajstić information content (AvgIpc) is 3.13. The summed E-state index contributed by atoms with van der Waals surface area (Å²) in [5.41, 5.74) is 1.61. The van der Waals surface area contributed by atoms with Crippen LogP contribution in [0.25, 0.3) is 0 Å². The van der Waals surface area contributed by atoms with Crippen LogP contribution in [0, 0.1) is 0 Å². The van der Waals surface area contributed by atoms with E-state index in [2.05, 4.69) is 15.3 Å². The fourth-order valence-corrected chi connectivity index (χ4v) is 2.77. The molecule has 0 aliphatic carbocycles. The maximum Gasteiger partial charge on any atom is 0.317 e. The second kappa shape index (κ2) is 10.2. The lowest BCUT2D eigenvalue weighted by Crippen LogP contribution is -2.50. The summed E-state index contributed by atoms with van der Waals surface area (Å²) in [6.45, 7) is -0.107. The molecule has 1 heterocycles. The molecule has 150 valence electrons. The molecule has 2 rings (SSSR count). The molecule has 28 heavy (non-hydrogen) atoms. The number of imidazole rings is 1. The van der Waals surface area contributed by atoms with Gasteiger partial charge in [-0.3, -0.25) is 19.3 Å². The Kier molecular flexibility index (Phi) is 7.70. The van der Waals surface area contributed by atoms with Crippen LogP contribution < -0.4 is 5.32 Å². The predicted molar refractivity (Wildman–Crippen MR) is 102 cm³/mol. The van der Waals surface area contributed by atoms with E-state index in [1.54, 1.807) is 20.3 Å². The monoisotopic (exact) mass is 387 g/mol. The van der Waals surface area contributed by atoms with E-state index in [0.717, 1.165) is 5.56 Å². The normalized spacial score (nSPS) is 11.8. The van der Waals surface area contributed by atoms with Crippen LogP contribution >= 0.6 is 0 Å². The number of aromatic nitrogens is 2. The third kappa shape index (κ3) is 6.84. The van der Waals surface area contributed by atoms with Crippen LogP contribution in [0.5, 0.6) is 0 Å². The number of nitrogens with one attached hydrogen (secondary N) is 2. The van der Waals surface area contributed by atoms with Gasteiger partial charge in [0.2, 0.25) is 11.8 Å². The first kappa shape index (κ1) is 21.1. The highest BCUT2D eigenvalue weighted by molar-refractivity contribution is 5.88. The number of H-pyrrole nitrogens is 1. The van der Waals surface area contributed by atoms with Crippen LogP contribution in [0.1, 0.15) is 11.3 Å². The molecule has 0 aliphatic heterocycles. The number of hydrogen-bond acceptors (Lipinski definition) is 5. The standard InChI is InChI=1S/C19H25N5O4/c1-23(2)19(28)16(8-15-9-20-13-21-15)22-17(25)11-24(12-18(26)27)10-14-6-4-3-5-7-14/h3-7,9,13,16H,8,10-12H2,1-2H3,(H,20,21)(H,22,25)(H,26,27). The molecule has 0 bridgehead atoms. The Hall–Kier alpha value is -3.20. The molecule has 0 saturated carbocycles. The number of aliphatic carboxylic acids is 1. The first-order valence-electron chi connectivity index (χ1n) is 8.81. The van der Waals surface area contributed by atoms with Crippen LogP contribution in [0.2, 0.25) is 0 Å². The third-order valence-electron chi connectivity index (χ3n) is 4.03. The van der Waals surface area contributed by atoms with Crippen LogP contribution in [-0.4, -0.2) is 75.9 Å². The summed E-state index contributed by atoms with van der Waals surface area (Å²) in [5.74, 6) is -1.70. The van der Waals surface area contributed by atoms with Gasteiger partial charge in [0.15, 0.2) is 0 Å². The van der Waals surface area contributed by atoms with Crippen molar-refractivity contribution < 1.29 is 19.5 Å². The molecular formula is C19H25N5O4. The second-order valence-electron chi connectivity index (χ2n) is 6.66. The van der Waals surface area contributed by atoms with Gasteiger partial charge in [0.1, 0.15) is 6.04 Å². The van der Waals surface area contributed by atoms with Crippen molar-refractivity contribution in [1.82, 2.24) is 25.1 Å². The molecule has 0 aliphatic rings. The molecule has 1 atom stereocenters. The Bertz CT molecular complexity index is 777. The van der Waals surface area contributed by atoms with E-state index < -0.39 is 17.9 Å². The van der Waals surface area contributed by atoms with E-state index in [4.69, 9.17) is 5.11 Å². The number of carbonyl (C=O) groups excluding carboxylic acids is 2. The highest BCUT2D eigenvalue weighted by Gasteiger charge is 2.24. The second-order valence-corrected chi connectivity index (χ2v) is 6.66. The molecule has 9 heteroatoms. The summed E-state index contributed by atoms with van der Waals surface area (Å²) in [4.78, 5) is 45.9. The molecule has 0 radical (unpaired) electrons. The van der Waals surface area contributed by atoms with Crippen molar-refractivity contribution in [2.24, 2.45) is 0 Å². The molecule has 0 fully saturated rings. The summed E-state index contributed by atoms with van der Waals surface area (Å²) in [6, 6.07) is 8.53. The largest absolute Gasteiger partial charge is 0.480 e. The van der Waals surface area contributed by atoms with E-state index in [0.29, 0.717) is 12.2 Å². The molecule has 1 unspecified atom stereocenters. The van der Waals surface area contributed by atoms with E-state index >= 15 is 0 Å². The molecule has 1 aromatic heterocycles. The predicted octanol–water partition coefficient (Wildman–Crippen LogP) is 0.112. The maximum absolute atomic E-state index is 12.5. The van der Waals surface area contributed by atoms with Crippen molar-refractivity contribution in [1.29, 1.82) is 0 Å². The number of amides is 2. The topological polar surface area (TPSA) is 119 Å². The number of nitrogens with zero attached hydrogens (tertiary/aromatic N) is 3. The van der Waals surface area contributed by atoms with Crippen molar-refractivity contribution in [3.63, 3.8) is 0 Å². The zero-order chi connectivity index (χ0) is 20.5. The van der Waals surface area contributed by atoms with Gasteiger partial charge in [0.25, 0.3) is 0 Å². The lowest BCUT2D eigenvalue weighted by atomic mass is 10.1. The maximum atomic E-state index is 12.5. The van der Waals surface area contributed by atoms with E-state index in [9.17, 15) is 14.4 Å². The third-order valence-corrected chi connectivity index (χ3v) is 4.03. The van der Waals surface area contributed by atoms with Crippen molar-refractivity contribution in [3.05, 3.63) is 54.1 Å². The minimum absolute atomic E-state index is 0.138. The summed E-state index contributed by atoms with van der Waals surface area (Å²) in [5, 5.41) is 11.9. The van der Waals surface area contributed by atoms with E-state index in [1.165, 1.54) is 16.1 Å². The van der Waals surface area contributed by atoms with Crippen molar-refractivity contribution in [3.8, 4) is 0 Å². The number of likely N-dealkylation sites (N-methyl/N-ethyl adjacent to an activating group) is 1. The fourth-order valence-electron chi connectivity index (χ4n) is 2.77. The number of carboxylic acids is 1. The Balaban J connectivity index is 2.04. The van der Waals surface area contributed by atoms with Gasteiger partial charge >= 0.3 is 5.97 Å². The number of hydrogen-bond donors (Lipinski definition) is 3. The summed E-state index contributed by atoms with van der Waals surface area (Å²) in [6.07, 6.45) is 3.36. The van der Waals surface area contributed by atoms with Gasteiger partial charge in [0.05, 0.1) is 19.4 Å². The number of carboxylic acid groups (broad SMARTS) is 1. The minimum atomic E-state index is -1.03. The molecule has 1 aromatic carbocycles. The van der Waals surface area contributed by atoms with E-state index in [1.807, 2.05) is 30.3 Å². The zero-order valence-electron chi connectivity index (χ0n) is 16.0. The van der Waals surface area contributed by atoms with Gasteiger partial charge < -0.3 is 20.3 Å². The Morgan fingerprint density at radius 2 is 1.89 bits per heavy atom. The molecule has 0 spiro atoms. The quantitative estimate of drug-likeness (QED) is 0.533. The SMILES string of the molecule is CN(C)C(=O)C(Cc1cnc[nH]1)NC(=O)CN(CC(=O)O)Cc1ccccc1. The molecule has 0 saturated heterocycles. The smallest absolute Gasteiger partial charge is 0.317 e. The van der Waals surface area contributed by atoms with Crippen molar-refractivity contribution >= 4 is 17.8 Å². The van der Waals surface area contributed by atoms with E-state index in [-0.39, 0.29) is 25.4 Å². The molecule has 2 amide bonds. The van der Waals surface area contributed by atoms with Crippen LogP contribution in [-0.2, 0) is 27.3 Å². The first-order chi connectivity index (χ1) is 13.3. The Morgan fingerprint density at radius 1 is 1.18 bits per heavy atom. The van der Waals surface area contributed by atoms with Crippen molar-refractivity contribution in [2.45, 2.75) is 19.0 Å². The Morgan fingerprint density at radius 3 is 2.46 bits per heavy atom. The summed E-state index contributed by atoms with van der Waals surface area (Å²) >= 11 is 0. The average molecular weight is 387 g/mol. The van der Waals surface area contributed by atoms with Gasteiger partial charge in [0, 0.05) is 39.0 Å². The summed E-state index contributed by atoms with van der Waals surface area (Å²) in [7, 11) is 3.22. The summed E-state index contributed by atoms with van der Waals surface area (Å²) < 4.78 is 0. The molecule has 3 N–H and O–H groups in total. The first-order valence-corrected chi connectivity index (χ1v) is 8.81. The number of carbonyl (C=O) groups is 3. The molecule has 9 nitrogen and oxygen atoms in total. The van der Waals surface area contributed by atoms with Crippen LogP contribution in [0.3, 0.4) is 0 Å². The molecular weight excluding hydrogens is 362 g/mol. The van der Waals surface area contributed by atoms with Crippen molar-refractivity contribution in [2.75, 3.05) is 27.2 Å². The van der Waals surface area contributed by atoms with Crippen LogP contribution in [0.4, 0.5) is 0 Å². The van der Waals surface area contributed by atoms with Gasteiger partial charge in [-0.05, 0) is 5.56 Å². The highest BCUT2D eigenvalue weighted by Crippen LogP contribution is 2.05. The van der Waals surface area contributed by atoms with Gasteiger partial charge in [-0.15, -0.1) is 0 Å². The lowest BCUT2D eigenvalue weighted by Gasteiger charge is -2.24. The van der Waals surface area contributed by atoms with Gasteiger partial charge in [-0.1, -0.05) is 30.3 Å². The number of aromatic amines is 1. The highest BCUT2D eigenvalue weighted by atomic mass is 16.4.